The van der Waals surface area contributed by atoms with Gasteiger partial charge in [0.1, 0.15) is 11.5 Å². The van der Waals surface area contributed by atoms with Gasteiger partial charge in [-0.25, -0.2) is 0 Å². The number of phenolic OH excluding ortho intramolecular Hbond substituents is 2. The molecule has 104 valence electrons. The van der Waals surface area contributed by atoms with Crippen LogP contribution in [0.4, 0.5) is 11.4 Å². The van der Waals surface area contributed by atoms with Gasteiger partial charge in [0.2, 0.25) is 0 Å². The molecule has 0 amide bonds. The Balaban J connectivity index is 2.20. The molecular formula is C14H14N2O4. The Morgan fingerprint density at radius 2 is 1.80 bits per heavy atom. The zero-order chi connectivity index (χ0) is 14.7. The summed E-state index contributed by atoms with van der Waals surface area (Å²) in [7, 11) is 0. The highest BCUT2D eigenvalue weighted by atomic mass is 16.6. The van der Waals surface area contributed by atoms with Crippen molar-refractivity contribution in [3.05, 3.63) is 58.1 Å². The molecule has 2 aromatic rings. The first-order chi connectivity index (χ1) is 9.45. The van der Waals surface area contributed by atoms with Crippen molar-refractivity contribution in [2.75, 3.05) is 5.32 Å². The summed E-state index contributed by atoms with van der Waals surface area (Å²) in [6, 6.07) is 10.2. The average molecular weight is 274 g/mol. The lowest BCUT2D eigenvalue weighted by Gasteiger charge is -2.16. The molecule has 0 aliphatic heterocycles. The van der Waals surface area contributed by atoms with Gasteiger partial charge in [0.15, 0.2) is 0 Å². The number of nitro benzene ring substituents is 1. The molecule has 2 rings (SSSR count). The number of aromatic hydroxyl groups is 2. The van der Waals surface area contributed by atoms with Crippen molar-refractivity contribution >= 4 is 11.4 Å². The number of non-ortho nitro benzene ring substituents is 1. The Labute approximate surface area is 115 Å². The van der Waals surface area contributed by atoms with Gasteiger partial charge in [-0.15, -0.1) is 0 Å². The lowest BCUT2D eigenvalue weighted by molar-refractivity contribution is -0.384. The normalized spacial score (nSPS) is 11.8. The lowest BCUT2D eigenvalue weighted by atomic mass is 10.1. The van der Waals surface area contributed by atoms with Crippen LogP contribution >= 0.6 is 0 Å². The van der Waals surface area contributed by atoms with Crippen LogP contribution in [0.25, 0.3) is 0 Å². The second-order valence-corrected chi connectivity index (χ2v) is 4.46. The van der Waals surface area contributed by atoms with Crippen LogP contribution in [0.5, 0.6) is 11.5 Å². The van der Waals surface area contributed by atoms with Crippen molar-refractivity contribution in [1.82, 2.24) is 0 Å². The molecule has 2 aromatic carbocycles. The number of rotatable bonds is 4. The molecule has 0 heterocycles. The summed E-state index contributed by atoms with van der Waals surface area (Å²) < 4.78 is 0. The summed E-state index contributed by atoms with van der Waals surface area (Å²) in [4.78, 5) is 10.2. The molecule has 0 bridgehead atoms. The predicted octanol–water partition coefficient (Wildman–Crippen LogP) is 3.18. The molecule has 0 fully saturated rings. The maximum absolute atomic E-state index is 10.7. The van der Waals surface area contributed by atoms with Crippen LogP contribution in [-0.2, 0) is 0 Å². The first-order valence-electron chi connectivity index (χ1n) is 5.99. The highest BCUT2D eigenvalue weighted by Gasteiger charge is 2.10. The monoisotopic (exact) mass is 274 g/mol. The van der Waals surface area contributed by atoms with E-state index in [0.29, 0.717) is 11.3 Å². The van der Waals surface area contributed by atoms with E-state index in [4.69, 9.17) is 0 Å². The molecular weight excluding hydrogens is 260 g/mol. The molecule has 6 nitrogen and oxygen atoms in total. The minimum absolute atomic E-state index is 0.000885. The summed E-state index contributed by atoms with van der Waals surface area (Å²) in [5.41, 5.74) is 1.27. The molecule has 0 spiro atoms. The smallest absolute Gasteiger partial charge is 0.271 e. The largest absolute Gasteiger partial charge is 0.508 e. The summed E-state index contributed by atoms with van der Waals surface area (Å²) >= 11 is 0. The molecule has 0 aliphatic carbocycles. The number of hydrogen-bond acceptors (Lipinski definition) is 5. The van der Waals surface area contributed by atoms with Gasteiger partial charge in [0, 0.05) is 29.9 Å². The number of phenols is 2. The van der Waals surface area contributed by atoms with Crippen molar-refractivity contribution in [2.45, 2.75) is 13.0 Å². The van der Waals surface area contributed by atoms with E-state index in [0.717, 1.165) is 0 Å². The fourth-order valence-corrected chi connectivity index (χ4v) is 1.91. The highest BCUT2D eigenvalue weighted by Crippen LogP contribution is 2.27. The Kier molecular flexibility index (Phi) is 3.74. The minimum Gasteiger partial charge on any atom is -0.508 e. The SMILES string of the molecule is CC(Nc1cccc([N+](=O)[O-])c1)c1cc(O)cc(O)c1. The maximum Gasteiger partial charge on any atom is 0.271 e. The van der Waals surface area contributed by atoms with Crippen LogP contribution in [0.1, 0.15) is 18.5 Å². The molecule has 0 aliphatic rings. The van der Waals surface area contributed by atoms with Crippen LogP contribution in [0.3, 0.4) is 0 Å². The maximum atomic E-state index is 10.7. The number of anilines is 1. The number of benzene rings is 2. The molecule has 20 heavy (non-hydrogen) atoms. The van der Waals surface area contributed by atoms with Crippen molar-refractivity contribution in [2.24, 2.45) is 0 Å². The van der Waals surface area contributed by atoms with Crippen molar-refractivity contribution < 1.29 is 15.1 Å². The van der Waals surface area contributed by atoms with E-state index >= 15 is 0 Å². The fraction of sp³-hybridized carbons (Fsp3) is 0.143. The van der Waals surface area contributed by atoms with Gasteiger partial charge >= 0.3 is 0 Å². The number of hydrogen-bond donors (Lipinski definition) is 3. The van der Waals surface area contributed by atoms with E-state index in [1.54, 1.807) is 12.1 Å². The third-order valence-corrected chi connectivity index (χ3v) is 2.87. The summed E-state index contributed by atoms with van der Waals surface area (Å²) in [5.74, 6) is -0.0691. The van der Waals surface area contributed by atoms with E-state index in [1.807, 2.05) is 6.92 Å². The Morgan fingerprint density at radius 1 is 1.15 bits per heavy atom. The van der Waals surface area contributed by atoms with Gasteiger partial charge in [-0.1, -0.05) is 6.07 Å². The van der Waals surface area contributed by atoms with Gasteiger partial charge in [-0.2, -0.15) is 0 Å². The molecule has 0 radical (unpaired) electrons. The molecule has 1 unspecified atom stereocenters. The third kappa shape index (κ3) is 3.17. The van der Waals surface area contributed by atoms with Crippen LogP contribution < -0.4 is 5.32 Å². The lowest BCUT2D eigenvalue weighted by Crippen LogP contribution is -2.06. The van der Waals surface area contributed by atoms with Gasteiger partial charge in [0.05, 0.1) is 4.92 Å². The standard InChI is InChI=1S/C14H14N2O4/c1-9(10-5-13(17)8-14(18)6-10)15-11-3-2-4-12(7-11)16(19)20/h2-9,15,17-18H,1H3. The average Bonchev–Trinajstić information content (AvgIpc) is 2.37. The summed E-state index contributed by atoms with van der Waals surface area (Å²) in [6.45, 7) is 1.83. The van der Waals surface area contributed by atoms with E-state index < -0.39 is 4.92 Å². The molecule has 0 saturated carbocycles. The van der Waals surface area contributed by atoms with Crippen LogP contribution in [0.2, 0.25) is 0 Å². The quantitative estimate of drug-likeness (QED) is 0.587. The van der Waals surface area contributed by atoms with Crippen LogP contribution in [0.15, 0.2) is 42.5 Å². The molecule has 6 heteroatoms. The van der Waals surface area contributed by atoms with Crippen LogP contribution in [-0.4, -0.2) is 15.1 Å². The zero-order valence-corrected chi connectivity index (χ0v) is 10.8. The van der Waals surface area contributed by atoms with E-state index in [2.05, 4.69) is 5.32 Å². The Hall–Kier alpha value is -2.76. The van der Waals surface area contributed by atoms with Gasteiger partial charge < -0.3 is 15.5 Å². The topological polar surface area (TPSA) is 95.6 Å². The Morgan fingerprint density at radius 3 is 2.40 bits per heavy atom. The number of nitrogens with one attached hydrogen (secondary N) is 1. The van der Waals surface area contributed by atoms with Crippen molar-refractivity contribution in [3.63, 3.8) is 0 Å². The first kappa shape index (κ1) is 13.7. The second-order valence-electron chi connectivity index (χ2n) is 4.46. The van der Waals surface area contributed by atoms with E-state index in [-0.39, 0.29) is 23.2 Å². The zero-order valence-electron chi connectivity index (χ0n) is 10.8. The number of nitro groups is 1. The molecule has 0 aromatic heterocycles. The minimum atomic E-state index is -0.462. The molecule has 1 atom stereocenters. The first-order valence-corrected chi connectivity index (χ1v) is 5.99. The summed E-state index contributed by atoms with van der Waals surface area (Å²) in [6.07, 6.45) is 0. The number of nitrogens with zero attached hydrogens (tertiary/aromatic N) is 1. The Bertz CT molecular complexity index is 623. The molecule has 3 N–H and O–H groups in total. The predicted molar refractivity (Wildman–Crippen MR) is 74.9 cm³/mol. The van der Waals surface area contributed by atoms with Gasteiger partial charge in [0.25, 0.3) is 5.69 Å². The highest BCUT2D eigenvalue weighted by molar-refractivity contribution is 5.52. The van der Waals surface area contributed by atoms with Crippen LogP contribution in [0, 0.1) is 10.1 Å². The molecule has 0 saturated heterocycles. The van der Waals surface area contributed by atoms with Gasteiger partial charge in [-0.3, -0.25) is 10.1 Å². The van der Waals surface area contributed by atoms with Crippen molar-refractivity contribution in [1.29, 1.82) is 0 Å². The van der Waals surface area contributed by atoms with E-state index in [9.17, 15) is 20.3 Å². The third-order valence-electron chi connectivity index (χ3n) is 2.87. The fourth-order valence-electron chi connectivity index (χ4n) is 1.91. The second kappa shape index (κ2) is 5.48. The van der Waals surface area contributed by atoms with Crippen molar-refractivity contribution in [3.8, 4) is 11.5 Å². The van der Waals surface area contributed by atoms with Gasteiger partial charge in [-0.05, 0) is 30.7 Å². The summed E-state index contributed by atoms with van der Waals surface area (Å²) in [5, 5.41) is 32.7. The van der Waals surface area contributed by atoms with E-state index in [1.165, 1.54) is 30.3 Å².